The van der Waals surface area contributed by atoms with Gasteiger partial charge < -0.3 is 14.4 Å². The number of esters is 1. The van der Waals surface area contributed by atoms with Gasteiger partial charge >= 0.3 is 18.2 Å². The standard InChI is InChI=1S/C12H21NO4.CO2/c1-8-6-13(7-9(8)10(14)16-5)11(15)17-12(2,3)4;2-1-3/h8-9H,6-7H2,1-5H3;/t8-,9-;/m0./s1. The van der Waals surface area contributed by atoms with E-state index in [2.05, 4.69) is 0 Å². The van der Waals surface area contributed by atoms with Gasteiger partial charge in [0.1, 0.15) is 5.60 Å². The summed E-state index contributed by atoms with van der Waals surface area (Å²) in [6.45, 7) is 8.32. The lowest BCUT2D eigenvalue weighted by Gasteiger charge is -2.24. The zero-order valence-corrected chi connectivity index (χ0v) is 12.5. The average Bonchev–Trinajstić information content (AvgIpc) is 2.69. The molecule has 2 atom stereocenters. The van der Waals surface area contributed by atoms with E-state index in [1.54, 1.807) is 4.90 Å². The highest BCUT2D eigenvalue weighted by atomic mass is 16.6. The number of ether oxygens (including phenoxy) is 2. The van der Waals surface area contributed by atoms with E-state index in [1.807, 2.05) is 27.7 Å². The fourth-order valence-electron chi connectivity index (χ4n) is 1.90. The zero-order chi connectivity index (χ0) is 15.9. The highest BCUT2D eigenvalue weighted by Gasteiger charge is 2.39. The number of hydrogen-bond donors (Lipinski definition) is 0. The van der Waals surface area contributed by atoms with E-state index in [1.165, 1.54) is 7.11 Å². The molecule has 1 aliphatic heterocycles. The largest absolute Gasteiger partial charge is 0.469 e. The molecule has 0 aromatic heterocycles. The van der Waals surface area contributed by atoms with E-state index in [4.69, 9.17) is 19.1 Å². The molecule has 0 aromatic rings. The Hall–Kier alpha value is -1.88. The second-order valence-corrected chi connectivity index (χ2v) is 5.58. The van der Waals surface area contributed by atoms with Crippen LogP contribution in [0.25, 0.3) is 0 Å². The highest BCUT2D eigenvalue weighted by molar-refractivity contribution is 5.76. The highest BCUT2D eigenvalue weighted by Crippen LogP contribution is 2.25. The van der Waals surface area contributed by atoms with E-state index in [0.717, 1.165) is 0 Å². The second kappa shape index (κ2) is 7.65. The maximum Gasteiger partial charge on any atom is 0.410 e. The quantitative estimate of drug-likeness (QED) is 0.670. The van der Waals surface area contributed by atoms with Crippen LogP contribution in [-0.2, 0) is 23.9 Å². The third-order valence-electron chi connectivity index (χ3n) is 2.77. The van der Waals surface area contributed by atoms with Crippen molar-refractivity contribution in [3.05, 3.63) is 0 Å². The number of likely N-dealkylation sites (tertiary alicyclic amines) is 1. The molecule has 1 saturated heterocycles. The lowest BCUT2D eigenvalue weighted by molar-refractivity contribution is -0.191. The molecule has 0 aliphatic carbocycles. The first-order valence-electron chi connectivity index (χ1n) is 6.21. The van der Waals surface area contributed by atoms with Gasteiger partial charge in [-0.3, -0.25) is 4.79 Å². The van der Waals surface area contributed by atoms with Crippen LogP contribution in [-0.4, -0.2) is 48.9 Å². The molecule has 1 heterocycles. The fourth-order valence-corrected chi connectivity index (χ4v) is 1.90. The lowest BCUT2D eigenvalue weighted by Crippen LogP contribution is -2.36. The number of hydrogen-bond acceptors (Lipinski definition) is 6. The molecule has 114 valence electrons. The Morgan fingerprint density at radius 1 is 1.20 bits per heavy atom. The van der Waals surface area contributed by atoms with Crippen LogP contribution in [0.5, 0.6) is 0 Å². The van der Waals surface area contributed by atoms with Crippen LogP contribution in [0.2, 0.25) is 0 Å². The van der Waals surface area contributed by atoms with Gasteiger partial charge in [0.15, 0.2) is 0 Å². The van der Waals surface area contributed by atoms with E-state index < -0.39 is 5.60 Å². The summed E-state index contributed by atoms with van der Waals surface area (Å²) in [5.41, 5.74) is -0.510. The molecule has 1 aliphatic rings. The van der Waals surface area contributed by atoms with Crippen LogP contribution in [0.1, 0.15) is 27.7 Å². The molecule has 7 nitrogen and oxygen atoms in total. The van der Waals surface area contributed by atoms with Gasteiger partial charge in [-0.05, 0) is 26.7 Å². The van der Waals surface area contributed by atoms with E-state index in [-0.39, 0.29) is 30.0 Å². The van der Waals surface area contributed by atoms with Crippen molar-refractivity contribution >= 4 is 18.2 Å². The molecule has 0 unspecified atom stereocenters. The lowest BCUT2D eigenvalue weighted by atomic mass is 9.99. The van der Waals surface area contributed by atoms with Crippen molar-refractivity contribution < 1.29 is 28.7 Å². The molecule has 1 rings (SSSR count). The average molecular weight is 287 g/mol. The monoisotopic (exact) mass is 287 g/mol. The Morgan fingerprint density at radius 2 is 1.70 bits per heavy atom. The van der Waals surface area contributed by atoms with Crippen molar-refractivity contribution in [3.63, 3.8) is 0 Å². The Bertz CT molecular complexity index is 381. The molecule has 7 heteroatoms. The fraction of sp³-hybridized carbons (Fsp3) is 0.769. The van der Waals surface area contributed by atoms with Crippen LogP contribution in [0.4, 0.5) is 4.79 Å². The van der Waals surface area contributed by atoms with Crippen molar-refractivity contribution in [3.8, 4) is 0 Å². The van der Waals surface area contributed by atoms with Crippen LogP contribution >= 0.6 is 0 Å². The van der Waals surface area contributed by atoms with E-state index >= 15 is 0 Å². The molecule has 0 spiro atoms. The molecular weight excluding hydrogens is 266 g/mol. The third kappa shape index (κ3) is 5.84. The van der Waals surface area contributed by atoms with Gasteiger partial charge in [-0.1, -0.05) is 6.92 Å². The second-order valence-electron chi connectivity index (χ2n) is 5.58. The summed E-state index contributed by atoms with van der Waals surface area (Å²) in [5.74, 6) is -0.397. The number of rotatable bonds is 1. The smallest absolute Gasteiger partial charge is 0.410 e. The summed E-state index contributed by atoms with van der Waals surface area (Å²) in [4.78, 5) is 41.1. The zero-order valence-electron chi connectivity index (χ0n) is 12.5. The van der Waals surface area contributed by atoms with Crippen molar-refractivity contribution in [2.75, 3.05) is 20.2 Å². The van der Waals surface area contributed by atoms with Gasteiger partial charge in [0.2, 0.25) is 0 Å². The third-order valence-corrected chi connectivity index (χ3v) is 2.77. The van der Waals surface area contributed by atoms with E-state index in [0.29, 0.717) is 13.1 Å². The molecule has 0 saturated carbocycles. The molecular formula is C13H21NO6. The normalized spacial score (nSPS) is 21.4. The minimum atomic E-state index is -0.510. The SMILES string of the molecule is COC(=O)[C@H]1CN(C(=O)OC(C)(C)C)C[C@@H]1C.O=C=O. The maximum absolute atomic E-state index is 11.8. The maximum atomic E-state index is 11.8. The first-order valence-corrected chi connectivity index (χ1v) is 6.21. The Balaban J connectivity index is 0.00000110. The topological polar surface area (TPSA) is 90.0 Å². The summed E-state index contributed by atoms with van der Waals surface area (Å²) in [5, 5.41) is 0. The van der Waals surface area contributed by atoms with Crippen LogP contribution in [0.15, 0.2) is 0 Å². The Kier molecular flexibility index (Phi) is 6.93. The van der Waals surface area contributed by atoms with Crippen LogP contribution in [0, 0.1) is 11.8 Å². The predicted octanol–water partition coefficient (Wildman–Crippen LogP) is 1.08. The van der Waals surface area contributed by atoms with E-state index in [9.17, 15) is 9.59 Å². The number of methoxy groups -OCH3 is 1. The first kappa shape index (κ1) is 18.1. The van der Waals surface area contributed by atoms with Gasteiger partial charge in [0.05, 0.1) is 13.0 Å². The van der Waals surface area contributed by atoms with Gasteiger partial charge in [0, 0.05) is 13.1 Å². The van der Waals surface area contributed by atoms with Gasteiger partial charge in [-0.2, -0.15) is 9.59 Å². The number of carbonyl (C=O) groups is 2. The van der Waals surface area contributed by atoms with Gasteiger partial charge in [-0.25, -0.2) is 4.79 Å². The molecule has 1 amide bonds. The van der Waals surface area contributed by atoms with Crippen LogP contribution < -0.4 is 0 Å². The van der Waals surface area contributed by atoms with Gasteiger partial charge in [-0.15, -0.1) is 0 Å². The summed E-state index contributed by atoms with van der Waals surface area (Å²) in [7, 11) is 1.37. The molecule has 0 aromatic carbocycles. The summed E-state index contributed by atoms with van der Waals surface area (Å²) >= 11 is 0. The number of amides is 1. The van der Waals surface area contributed by atoms with Crippen molar-refractivity contribution in [2.45, 2.75) is 33.3 Å². The Labute approximate surface area is 118 Å². The van der Waals surface area contributed by atoms with Crippen molar-refractivity contribution in [1.29, 1.82) is 0 Å². The van der Waals surface area contributed by atoms with Crippen molar-refractivity contribution in [1.82, 2.24) is 4.90 Å². The molecule has 0 N–H and O–H groups in total. The summed E-state index contributed by atoms with van der Waals surface area (Å²) in [6.07, 6.45) is -0.115. The predicted molar refractivity (Wildman–Crippen MR) is 67.5 cm³/mol. The number of carbonyl (C=O) groups excluding carboxylic acids is 4. The first-order chi connectivity index (χ1) is 9.16. The molecule has 0 radical (unpaired) electrons. The van der Waals surface area contributed by atoms with Crippen LogP contribution in [0.3, 0.4) is 0 Å². The number of nitrogens with zero attached hydrogens (tertiary/aromatic N) is 1. The summed E-state index contributed by atoms with van der Waals surface area (Å²) in [6, 6.07) is 0. The minimum absolute atomic E-state index is 0.106. The molecule has 20 heavy (non-hydrogen) atoms. The summed E-state index contributed by atoms with van der Waals surface area (Å²) < 4.78 is 9.98. The molecule has 0 bridgehead atoms. The van der Waals surface area contributed by atoms with Gasteiger partial charge in [0.25, 0.3) is 0 Å². The molecule has 1 fully saturated rings. The van der Waals surface area contributed by atoms with Crippen molar-refractivity contribution in [2.24, 2.45) is 11.8 Å². The Morgan fingerprint density at radius 3 is 2.10 bits per heavy atom. The minimum Gasteiger partial charge on any atom is -0.469 e.